The van der Waals surface area contributed by atoms with Gasteiger partial charge in [-0.25, -0.2) is 0 Å². The SMILES string of the molecule is Oc1c(-c2[nH]c3cccc(Cl)c3c2O)[nH]c2cccc(Cl)c12. The van der Waals surface area contributed by atoms with E-state index in [2.05, 4.69) is 9.97 Å². The topological polar surface area (TPSA) is 72.0 Å². The molecule has 0 atom stereocenters. The number of H-pyrrole nitrogens is 2. The molecule has 2 aromatic carbocycles. The molecule has 0 fully saturated rings. The molecule has 2 heterocycles. The maximum atomic E-state index is 10.5. The normalized spacial score (nSPS) is 11.5. The zero-order valence-corrected chi connectivity index (χ0v) is 12.6. The number of fused-ring (bicyclic) bond motifs is 2. The smallest absolute Gasteiger partial charge is 0.152 e. The lowest BCUT2D eigenvalue weighted by atomic mass is 10.2. The zero-order valence-electron chi connectivity index (χ0n) is 11.1. The van der Waals surface area contributed by atoms with E-state index in [1.807, 2.05) is 0 Å². The largest absolute Gasteiger partial charge is 0.505 e. The molecule has 0 bridgehead atoms. The van der Waals surface area contributed by atoms with Gasteiger partial charge in [-0.3, -0.25) is 0 Å². The van der Waals surface area contributed by atoms with Crippen LogP contribution in [0.5, 0.6) is 11.5 Å². The molecule has 0 spiro atoms. The van der Waals surface area contributed by atoms with Crippen LogP contribution in [0.15, 0.2) is 36.4 Å². The Morgan fingerprint density at radius 3 is 1.45 bits per heavy atom. The number of aromatic amines is 2. The molecule has 4 aromatic rings. The molecule has 2 aromatic heterocycles. The summed E-state index contributed by atoms with van der Waals surface area (Å²) in [5.41, 5.74) is 2.11. The Kier molecular flexibility index (Phi) is 2.79. The number of halogens is 2. The third kappa shape index (κ3) is 1.71. The molecule has 0 saturated carbocycles. The van der Waals surface area contributed by atoms with E-state index in [1.165, 1.54) is 0 Å². The maximum absolute atomic E-state index is 10.5. The Bertz CT molecular complexity index is 950. The number of benzene rings is 2. The number of rotatable bonds is 1. The van der Waals surface area contributed by atoms with E-state index in [-0.39, 0.29) is 11.5 Å². The average molecular weight is 333 g/mol. The first-order chi connectivity index (χ1) is 10.6. The predicted molar refractivity (Wildman–Crippen MR) is 88.9 cm³/mol. The predicted octanol–water partition coefficient (Wildman–Crippen LogP) is 5.03. The van der Waals surface area contributed by atoms with Crippen LogP contribution in [0.1, 0.15) is 0 Å². The van der Waals surface area contributed by atoms with Crippen LogP contribution in [0.25, 0.3) is 33.2 Å². The van der Waals surface area contributed by atoms with Gasteiger partial charge in [0.2, 0.25) is 0 Å². The van der Waals surface area contributed by atoms with Crippen LogP contribution in [0.3, 0.4) is 0 Å². The number of nitrogens with one attached hydrogen (secondary N) is 2. The van der Waals surface area contributed by atoms with Crippen LogP contribution in [0.2, 0.25) is 10.0 Å². The van der Waals surface area contributed by atoms with Crippen LogP contribution >= 0.6 is 23.2 Å². The van der Waals surface area contributed by atoms with Crippen molar-refractivity contribution < 1.29 is 10.2 Å². The summed E-state index contributed by atoms with van der Waals surface area (Å²) < 4.78 is 0. The second-order valence-corrected chi connectivity index (χ2v) is 5.84. The van der Waals surface area contributed by atoms with Crippen LogP contribution in [-0.2, 0) is 0 Å². The molecule has 0 saturated heterocycles. The Morgan fingerprint density at radius 2 is 1.09 bits per heavy atom. The average Bonchev–Trinajstić information content (AvgIpc) is 2.99. The van der Waals surface area contributed by atoms with E-state index in [9.17, 15) is 10.2 Å². The van der Waals surface area contributed by atoms with Crippen molar-refractivity contribution in [3.05, 3.63) is 46.4 Å². The lowest BCUT2D eigenvalue weighted by Crippen LogP contribution is -1.78. The summed E-state index contributed by atoms with van der Waals surface area (Å²) in [5.74, 6) is -0.0304. The summed E-state index contributed by atoms with van der Waals surface area (Å²) in [4.78, 5) is 6.15. The molecule has 4 N–H and O–H groups in total. The summed E-state index contributed by atoms with van der Waals surface area (Å²) in [7, 11) is 0. The van der Waals surface area contributed by atoms with Crippen molar-refractivity contribution in [3.8, 4) is 22.9 Å². The van der Waals surface area contributed by atoms with E-state index in [0.717, 1.165) is 0 Å². The van der Waals surface area contributed by atoms with Crippen molar-refractivity contribution in [2.45, 2.75) is 0 Å². The van der Waals surface area contributed by atoms with Gasteiger partial charge in [-0.2, -0.15) is 0 Å². The number of aromatic hydroxyl groups is 2. The van der Waals surface area contributed by atoms with Crippen LogP contribution in [0, 0.1) is 0 Å². The van der Waals surface area contributed by atoms with Crippen molar-refractivity contribution in [2.24, 2.45) is 0 Å². The highest BCUT2D eigenvalue weighted by atomic mass is 35.5. The summed E-state index contributed by atoms with van der Waals surface area (Å²) in [5, 5.41) is 22.8. The number of hydrogen-bond acceptors (Lipinski definition) is 2. The molecular weight excluding hydrogens is 323 g/mol. The minimum Gasteiger partial charge on any atom is -0.505 e. The van der Waals surface area contributed by atoms with Gasteiger partial charge in [0.1, 0.15) is 11.4 Å². The zero-order chi connectivity index (χ0) is 15.4. The van der Waals surface area contributed by atoms with Gasteiger partial charge in [-0.1, -0.05) is 35.3 Å². The Balaban J connectivity index is 2.08. The van der Waals surface area contributed by atoms with Crippen molar-refractivity contribution in [3.63, 3.8) is 0 Å². The lowest BCUT2D eigenvalue weighted by molar-refractivity contribution is 0.475. The molecule has 4 rings (SSSR count). The Hall–Kier alpha value is -2.30. The van der Waals surface area contributed by atoms with E-state index < -0.39 is 0 Å². The molecule has 0 aliphatic rings. The third-order valence-electron chi connectivity index (χ3n) is 3.74. The van der Waals surface area contributed by atoms with Crippen molar-refractivity contribution in [1.29, 1.82) is 0 Å². The molecule has 22 heavy (non-hydrogen) atoms. The highest BCUT2D eigenvalue weighted by Crippen LogP contribution is 2.45. The minimum atomic E-state index is -0.0152. The highest BCUT2D eigenvalue weighted by molar-refractivity contribution is 6.37. The molecule has 0 amide bonds. The monoisotopic (exact) mass is 332 g/mol. The number of hydrogen-bond donors (Lipinski definition) is 4. The first-order valence-corrected chi connectivity index (χ1v) is 7.32. The van der Waals surface area contributed by atoms with Gasteiger partial charge in [-0.15, -0.1) is 0 Å². The molecule has 110 valence electrons. The maximum Gasteiger partial charge on any atom is 0.152 e. The van der Waals surface area contributed by atoms with Gasteiger partial charge in [0.25, 0.3) is 0 Å². The van der Waals surface area contributed by atoms with Crippen molar-refractivity contribution >= 4 is 45.0 Å². The second-order valence-electron chi connectivity index (χ2n) is 5.02. The first kappa shape index (κ1) is 13.4. The molecule has 0 aliphatic carbocycles. The van der Waals surface area contributed by atoms with Gasteiger partial charge >= 0.3 is 0 Å². The van der Waals surface area contributed by atoms with Gasteiger partial charge in [0.15, 0.2) is 11.5 Å². The standard InChI is InChI=1S/C16H10Cl2N2O2/c17-7-3-1-5-9-11(7)15(21)13(19-9)14-16(22)12-8(18)4-2-6-10(12)20-14/h1-6,19-22H. The lowest BCUT2D eigenvalue weighted by Gasteiger charge is -1.98. The fraction of sp³-hybridized carbons (Fsp3) is 0. The number of aromatic nitrogens is 2. The highest BCUT2D eigenvalue weighted by Gasteiger charge is 2.21. The third-order valence-corrected chi connectivity index (χ3v) is 4.37. The van der Waals surface area contributed by atoms with E-state index in [0.29, 0.717) is 43.2 Å². The molecule has 6 heteroatoms. The van der Waals surface area contributed by atoms with Gasteiger partial charge in [-0.05, 0) is 24.3 Å². The van der Waals surface area contributed by atoms with Crippen molar-refractivity contribution in [1.82, 2.24) is 9.97 Å². The van der Waals surface area contributed by atoms with Gasteiger partial charge in [0, 0.05) is 0 Å². The van der Waals surface area contributed by atoms with Gasteiger partial charge < -0.3 is 20.2 Å². The Labute approximate surface area is 134 Å². The fourth-order valence-electron chi connectivity index (χ4n) is 2.74. The molecule has 0 radical (unpaired) electrons. The molecule has 0 aliphatic heterocycles. The summed E-state index contributed by atoms with van der Waals surface area (Å²) in [6.45, 7) is 0. The van der Waals surface area contributed by atoms with E-state index >= 15 is 0 Å². The summed E-state index contributed by atoms with van der Waals surface area (Å²) in [6, 6.07) is 10.6. The molecule has 0 unspecified atom stereocenters. The van der Waals surface area contributed by atoms with Crippen LogP contribution in [-0.4, -0.2) is 20.2 Å². The summed E-state index contributed by atoms with van der Waals surface area (Å²) in [6.07, 6.45) is 0. The van der Waals surface area contributed by atoms with Crippen LogP contribution in [0.4, 0.5) is 0 Å². The van der Waals surface area contributed by atoms with Gasteiger partial charge in [0.05, 0.1) is 31.9 Å². The fourth-order valence-corrected chi connectivity index (χ4v) is 3.27. The molecular formula is C16H10Cl2N2O2. The molecule has 4 nitrogen and oxygen atoms in total. The van der Waals surface area contributed by atoms with Crippen molar-refractivity contribution in [2.75, 3.05) is 0 Å². The van der Waals surface area contributed by atoms with E-state index in [1.54, 1.807) is 36.4 Å². The Morgan fingerprint density at radius 1 is 0.682 bits per heavy atom. The quantitative estimate of drug-likeness (QED) is 0.394. The first-order valence-electron chi connectivity index (χ1n) is 6.56. The summed E-state index contributed by atoms with van der Waals surface area (Å²) >= 11 is 12.3. The minimum absolute atomic E-state index is 0.0152. The van der Waals surface area contributed by atoms with Crippen LogP contribution < -0.4 is 0 Å². The second kappa shape index (κ2) is 4.60. The van der Waals surface area contributed by atoms with E-state index in [4.69, 9.17) is 23.2 Å².